The van der Waals surface area contributed by atoms with Crippen LogP contribution in [0.1, 0.15) is 42.6 Å². The van der Waals surface area contributed by atoms with Gasteiger partial charge in [0.1, 0.15) is 5.60 Å². The summed E-state index contributed by atoms with van der Waals surface area (Å²) in [5.41, 5.74) is 1.86. The molecule has 19 heavy (non-hydrogen) atoms. The lowest BCUT2D eigenvalue weighted by Gasteiger charge is -2.35. The smallest absolute Gasteiger partial charge is 0.103 e. The first-order valence-corrected chi connectivity index (χ1v) is 6.36. The lowest BCUT2D eigenvalue weighted by molar-refractivity contribution is 0.0202. The third-order valence-electron chi connectivity index (χ3n) is 3.88. The predicted octanol–water partition coefficient (Wildman–Crippen LogP) is 2.35. The van der Waals surface area contributed by atoms with Crippen LogP contribution < -0.4 is 0 Å². The van der Waals surface area contributed by atoms with Crippen molar-refractivity contribution in [3.63, 3.8) is 0 Å². The quantitative estimate of drug-likeness (QED) is 0.848. The van der Waals surface area contributed by atoms with Crippen LogP contribution in [0.4, 0.5) is 0 Å². The van der Waals surface area contributed by atoms with Crippen molar-refractivity contribution in [2.75, 3.05) is 0 Å². The number of hydrogen-bond donors (Lipinski definition) is 1. The number of benzene rings is 1. The lowest BCUT2D eigenvalue weighted by atomic mass is 9.87. The molecule has 4 nitrogen and oxygen atoms in total. The molecule has 1 aliphatic rings. The van der Waals surface area contributed by atoms with Gasteiger partial charge in [-0.3, -0.25) is 0 Å². The van der Waals surface area contributed by atoms with Crippen LogP contribution in [0, 0.1) is 11.3 Å². The van der Waals surface area contributed by atoms with E-state index < -0.39 is 5.60 Å². The van der Waals surface area contributed by atoms with Crippen LogP contribution in [0.2, 0.25) is 0 Å². The van der Waals surface area contributed by atoms with Crippen molar-refractivity contribution in [2.45, 2.75) is 31.4 Å². The largest absolute Gasteiger partial charge is 0.384 e. The Hall–Kier alpha value is -2.12. The Morgan fingerprint density at radius 1 is 1.42 bits per heavy atom. The second-order valence-corrected chi connectivity index (χ2v) is 5.25. The van der Waals surface area contributed by atoms with E-state index in [0.29, 0.717) is 12.0 Å². The van der Waals surface area contributed by atoms with Gasteiger partial charge < -0.3 is 9.67 Å². The molecule has 1 aromatic heterocycles. The summed E-state index contributed by atoms with van der Waals surface area (Å²) < 4.78 is 2.03. The topological polar surface area (TPSA) is 61.8 Å². The average Bonchev–Trinajstić information content (AvgIpc) is 2.90. The van der Waals surface area contributed by atoms with Crippen molar-refractivity contribution in [3.8, 4) is 6.07 Å². The molecule has 4 heteroatoms. The van der Waals surface area contributed by atoms with Gasteiger partial charge in [0.15, 0.2) is 0 Å². The van der Waals surface area contributed by atoms with Crippen molar-refractivity contribution < 1.29 is 5.11 Å². The van der Waals surface area contributed by atoms with E-state index in [1.807, 2.05) is 35.8 Å². The summed E-state index contributed by atoms with van der Waals surface area (Å²) in [6.45, 7) is 1.83. The predicted molar refractivity (Wildman–Crippen MR) is 70.3 cm³/mol. The van der Waals surface area contributed by atoms with E-state index in [-0.39, 0.29) is 6.04 Å². The molecule has 0 spiro atoms. The maximum atomic E-state index is 10.4. The zero-order valence-electron chi connectivity index (χ0n) is 10.7. The summed E-state index contributed by atoms with van der Waals surface area (Å²) in [6, 6.07) is 9.93. The molecule has 0 saturated carbocycles. The Kier molecular flexibility index (Phi) is 2.65. The molecule has 2 heterocycles. The second kappa shape index (κ2) is 4.22. The number of imidazole rings is 1. The van der Waals surface area contributed by atoms with Gasteiger partial charge in [-0.15, -0.1) is 0 Å². The van der Waals surface area contributed by atoms with Gasteiger partial charge in [0, 0.05) is 0 Å². The molecule has 1 N–H and O–H groups in total. The minimum atomic E-state index is -0.806. The standard InChI is InChI=1S/C15H15N3O/c1-15(19)7-6-13(18-10-17-9-14(15)18)12-4-2-11(8-16)3-5-12/h2-5,9-10,13,19H,6-7H2,1H3/t13-,15?/m1/s1. The van der Waals surface area contributed by atoms with Crippen molar-refractivity contribution in [2.24, 2.45) is 0 Å². The molecule has 96 valence electrons. The molecular weight excluding hydrogens is 238 g/mol. The molecule has 0 bridgehead atoms. The van der Waals surface area contributed by atoms with Gasteiger partial charge in [0.25, 0.3) is 0 Å². The van der Waals surface area contributed by atoms with Crippen molar-refractivity contribution in [1.29, 1.82) is 5.26 Å². The third kappa shape index (κ3) is 1.92. The fourth-order valence-electron chi connectivity index (χ4n) is 2.76. The van der Waals surface area contributed by atoms with E-state index in [9.17, 15) is 5.11 Å². The second-order valence-electron chi connectivity index (χ2n) is 5.25. The van der Waals surface area contributed by atoms with Crippen LogP contribution in [0.15, 0.2) is 36.8 Å². The highest BCUT2D eigenvalue weighted by atomic mass is 16.3. The summed E-state index contributed by atoms with van der Waals surface area (Å²) in [5.74, 6) is 0. The lowest BCUT2D eigenvalue weighted by Crippen LogP contribution is -2.32. The highest BCUT2D eigenvalue weighted by Gasteiger charge is 2.35. The zero-order chi connectivity index (χ0) is 13.5. The minimum Gasteiger partial charge on any atom is -0.384 e. The molecule has 1 unspecified atom stereocenters. The maximum Gasteiger partial charge on any atom is 0.103 e. The molecule has 0 fully saturated rings. The van der Waals surface area contributed by atoms with Crippen LogP contribution in [0.25, 0.3) is 0 Å². The van der Waals surface area contributed by atoms with E-state index in [1.165, 1.54) is 0 Å². The van der Waals surface area contributed by atoms with Gasteiger partial charge in [0.05, 0.1) is 35.9 Å². The Labute approximate surface area is 111 Å². The summed E-state index contributed by atoms with van der Waals surface area (Å²) in [5, 5.41) is 19.2. The number of nitriles is 1. The molecule has 0 saturated heterocycles. The number of nitrogens with zero attached hydrogens (tertiary/aromatic N) is 3. The van der Waals surface area contributed by atoms with Gasteiger partial charge in [-0.2, -0.15) is 5.26 Å². The van der Waals surface area contributed by atoms with E-state index in [4.69, 9.17) is 5.26 Å². The number of hydrogen-bond acceptors (Lipinski definition) is 3. The normalized spacial score (nSPS) is 25.6. The highest BCUT2D eigenvalue weighted by molar-refractivity contribution is 5.34. The van der Waals surface area contributed by atoms with E-state index >= 15 is 0 Å². The van der Waals surface area contributed by atoms with Crippen molar-refractivity contribution >= 4 is 0 Å². The summed E-state index contributed by atoms with van der Waals surface area (Å²) in [7, 11) is 0. The van der Waals surface area contributed by atoms with Gasteiger partial charge in [-0.25, -0.2) is 4.98 Å². The molecule has 0 amide bonds. The maximum absolute atomic E-state index is 10.4. The molecular formula is C15H15N3O. The SMILES string of the molecule is CC1(O)CC[C@H](c2ccc(C#N)cc2)n2cncc21. The van der Waals surface area contributed by atoms with Crippen LogP contribution in [-0.2, 0) is 5.60 Å². The van der Waals surface area contributed by atoms with Gasteiger partial charge in [-0.1, -0.05) is 12.1 Å². The van der Waals surface area contributed by atoms with Gasteiger partial charge >= 0.3 is 0 Å². The fourth-order valence-corrected chi connectivity index (χ4v) is 2.76. The third-order valence-corrected chi connectivity index (χ3v) is 3.88. The molecule has 1 aromatic carbocycles. The van der Waals surface area contributed by atoms with Gasteiger partial charge in [-0.05, 0) is 37.5 Å². The summed E-state index contributed by atoms with van der Waals surface area (Å²) in [6.07, 6.45) is 5.08. The summed E-state index contributed by atoms with van der Waals surface area (Å²) in [4.78, 5) is 4.16. The Morgan fingerprint density at radius 3 is 2.84 bits per heavy atom. The van der Waals surface area contributed by atoms with E-state index in [2.05, 4.69) is 11.1 Å². The van der Waals surface area contributed by atoms with Crippen LogP contribution in [0.3, 0.4) is 0 Å². The summed E-state index contributed by atoms with van der Waals surface area (Å²) >= 11 is 0. The van der Waals surface area contributed by atoms with Crippen molar-refractivity contribution in [3.05, 3.63) is 53.6 Å². The minimum absolute atomic E-state index is 0.186. The molecule has 1 aliphatic heterocycles. The molecule has 2 aromatic rings. The molecule has 3 rings (SSSR count). The van der Waals surface area contributed by atoms with Gasteiger partial charge in [0.2, 0.25) is 0 Å². The number of aliphatic hydroxyl groups is 1. The first kappa shape index (κ1) is 11.9. The zero-order valence-corrected chi connectivity index (χ0v) is 10.7. The van der Waals surface area contributed by atoms with Crippen LogP contribution in [-0.4, -0.2) is 14.7 Å². The highest BCUT2D eigenvalue weighted by Crippen LogP contribution is 2.38. The average molecular weight is 253 g/mol. The Morgan fingerprint density at radius 2 is 2.16 bits per heavy atom. The molecule has 2 atom stereocenters. The molecule has 0 radical (unpaired) electrons. The number of rotatable bonds is 1. The van der Waals surface area contributed by atoms with E-state index in [0.717, 1.165) is 17.7 Å². The van der Waals surface area contributed by atoms with E-state index in [1.54, 1.807) is 12.5 Å². The number of fused-ring (bicyclic) bond motifs is 1. The van der Waals surface area contributed by atoms with Crippen molar-refractivity contribution in [1.82, 2.24) is 9.55 Å². The monoisotopic (exact) mass is 253 g/mol. The fraction of sp³-hybridized carbons (Fsp3) is 0.333. The van der Waals surface area contributed by atoms with Crippen LogP contribution in [0.5, 0.6) is 0 Å². The Balaban J connectivity index is 2.01. The first-order chi connectivity index (χ1) is 9.12. The first-order valence-electron chi connectivity index (χ1n) is 6.36. The number of aromatic nitrogens is 2. The molecule has 0 aliphatic carbocycles. The Bertz CT molecular complexity index is 634. The van der Waals surface area contributed by atoms with Crippen LogP contribution >= 0.6 is 0 Å².